The molecule has 1 aliphatic rings. The lowest BCUT2D eigenvalue weighted by Gasteiger charge is -2.35. The quantitative estimate of drug-likeness (QED) is 0.854. The van der Waals surface area contributed by atoms with Crippen LogP contribution in [0.5, 0.6) is 0 Å². The Balaban J connectivity index is 1.99. The second kappa shape index (κ2) is 5.42. The molecule has 0 spiro atoms. The molecule has 1 aliphatic heterocycles. The van der Waals surface area contributed by atoms with Crippen LogP contribution in [0.15, 0.2) is 18.3 Å². The van der Waals surface area contributed by atoms with E-state index in [9.17, 15) is 13.2 Å². The third kappa shape index (κ3) is 2.75. The maximum absolute atomic E-state index is 12.9. The summed E-state index contributed by atoms with van der Waals surface area (Å²) >= 11 is 0. The van der Waals surface area contributed by atoms with Gasteiger partial charge in [-0.2, -0.15) is 22.8 Å². The van der Waals surface area contributed by atoms with Gasteiger partial charge >= 0.3 is 6.18 Å². The fraction of sp³-hybridized carbons (Fsp3) is 0.571. The first-order chi connectivity index (χ1) is 10.4. The molecule has 2 aromatic rings. The van der Waals surface area contributed by atoms with E-state index < -0.39 is 12.3 Å². The number of rotatable bonds is 2. The van der Waals surface area contributed by atoms with Gasteiger partial charge in [-0.05, 0) is 5.92 Å². The van der Waals surface area contributed by atoms with Gasteiger partial charge in [0.25, 0.3) is 0 Å². The van der Waals surface area contributed by atoms with Crippen molar-refractivity contribution in [1.82, 2.24) is 14.6 Å². The summed E-state index contributed by atoms with van der Waals surface area (Å²) in [6.07, 6.45) is -4.55. The lowest BCUT2D eigenvalue weighted by molar-refractivity contribution is -0.221. The minimum Gasteiger partial charge on any atom is -0.365 e. The molecule has 0 N–H and O–H groups in total. The lowest BCUT2D eigenvalue weighted by atomic mass is 10.1. The molecular formula is C14H17F3N4O. The number of hydrogen-bond acceptors (Lipinski definition) is 4. The van der Waals surface area contributed by atoms with Gasteiger partial charge in [0, 0.05) is 24.4 Å². The molecule has 0 aromatic carbocycles. The predicted molar refractivity (Wildman–Crippen MR) is 75.1 cm³/mol. The van der Waals surface area contributed by atoms with Gasteiger partial charge < -0.3 is 9.64 Å². The molecule has 22 heavy (non-hydrogen) atoms. The molecule has 0 amide bonds. The maximum atomic E-state index is 12.9. The fourth-order valence-corrected chi connectivity index (χ4v) is 2.49. The van der Waals surface area contributed by atoms with E-state index in [1.165, 1.54) is 0 Å². The predicted octanol–water partition coefficient (Wildman–Crippen LogP) is 2.62. The van der Waals surface area contributed by atoms with Crippen LogP contribution >= 0.6 is 0 Å². The second-order valence-corrected chi connectivity index (χ2v) is 5.64. The van der Waals surface area contributed by atoms with Gasteiger partial charge in [-0.25, -0.2) is 4.98 Å². The van der Waals surface area contributed by atoms with Crippen molar-refractivity contribution < 1.29 is 17.9 Å². The first-order valence-electron chi connectivity index (χ1n) is 7.14. The molecule has 3 heterocycles. The molecular weight excluding hydrogens is 297 g/mol. The first kappa shape index (κ1) is 15.1. The fourth-order valence-electron chi connectivity index (χ4n) is 2.49. The number of ether oxygens (including phenoxy) is 1. The van der Waals surface area contributed by atoms with Gasteiger partial charge in [0.15, 0.2) is 11.8 Å². The molecule has 1 atom stereocenters. The number of halogens is 3. The first-order valence-corrected chi connectivity index (χ1v) is 7.14. The standard InChI is InChI=1S/C14H17F3N4O/c1-9(2)10-7-13(21-12(19-10)3-4-18-21)20-5-6-22-11(8-20)14(15,16)17/h3-4,7,9,11H,5-6,8H2,1-2H3/t11-/m0/s1. The highest BCUT2D eigenvalue weighted by Gasteiger charge is 2.43. The smallest absolute Gasteiger partial charge is 0.365 e. The number of morpholine rings is 1. The van der Waals surface area contributed by atoms with Crippen LogP contribution in [0.1, 0.15) is 25.5 Å². The zero-order chi connectivity index (χ0) is 15.9. The largest absolute Gasteiger partial charge is 0.416 e. The van der Waals surface area contributed by atoms with Gasteiger partial charge in [0.1, 0.15) is 5.82 Å². The summed E-state index contributed by atoms with van der Waals surface area (Å²) in [6, 6.07) is 3.56. The Morgan fingerprint density at radius 3 is 2.82 bits per heavy atom. The van der Waals surface area contributed by atoms with Crippen LogP contribution in [0.25, 0.3) is 5.65 Å². The molecule has 0 radical (unpaired) electrons. The third-order valence-electron chi connectivity index (χ3n) is 3.71. The normalized spacial score (nSPS) is 20.1. The van der Waals surface area contributed by atoms with Crippen LogP contribution in [-0.4, -0.2) is 46.6 Å². The topological polar surface area (TPSA) is 42.7 Å². The number of nitrogens with zero attached hydrogens (tertiary/aromatic N) is 4. The Bertz CT molecular complexity index is 668. The van der Waals surface area contributed by atoms with Crippen molar-refractivity contribution in [2.45, 2.75) is 32.0 Å². The van der Waals surface area contributed by atoms with Crippen LogP contribution in [0, 0.1) is 0 Å². The van der Waals surface area contributed by atoms with Crippen LogP contribution in [0.2, 0.25) is 0 Å². The van der Waals surface area contributed by atoms with E-state index >= 15 is 0 Å². The van der Waals surface area contributed by atoms with Gasteiger partial charge in [-0.1, -0.05) is 13.8 Å². The Morgan fingerprint density at radius 2 is 2.14 bits per heavy atom. The van der Waals surface area contributed by atoms with Gasteiger partial charge in [0.2, 0.25) is 0 Å². The Hall–Kier alpha value is -1.83. The van der Waals surface area contributed by atoms with E-state index in [-0.39, 0.29) is 19.1 Å². The van der Waals surface area contributed by atoms with Gasteiger partial charge in [-0.15, -0.1) is 0 Å². The number of aromatic nitrogens is 3. The summed E-state index contributed by atoms with van der Waals surface area (Å²) < 4.78 is 45.1. The Morgan fingerprint density at radius 1 is 1.36 bits per heavy atom. The highest BCUT2D eigenvalue weighted by molar-refractivity contribution is 5.51. The van der Waals surface area contributed by atoms with Crippen molar-refractivity contribution >= 4 is 11.5 Å². The molecule has 0 unspecified atom stereocenters. The number of alkyl halides is 3. The molecule has 1 saturated heterocycles. The third-order valence-corrected chi connectivity index (χ3v) is 3.71. The number of fused-ring (bicyclic) bond motifs is 1. The van der Waals surface area contributed by atoms with E-state index in [1.54, 1.807) is 21.7 Å². The van der Waals surface area contributed by atoms with Crippen molar-refractivity contribution in [3.63, 3.8) is 0 Å². The van der Waals surface area contributed by atoms with Crippen LogP contribution in [0.3, 0.4) is 0 Å². The Labute approximate surface area is 125 Å². The summed E-state index contributed by atoms with van der Waals surface area (Å²) in [7, 11) is 0. The number of anilines is 1. The average Bonchev–Trinajstić information content (AvgIpc) is 2.93. The van der Waals surface area contributed by atoms with E-state index in [0.717, 1.165) is 5.69 Å². The lowest BCUT2D eigenvalue weighted by Crippen LogP contribution is -2.49. The molecule has 120 valence electrons. The summed E-state index contributed by atoms with van der Waals surface area (Å²) in [4.78, 5) is 6.14. The summed E-state index contributed by atoms with van der Waals surface area (Å²) in [5, 5.41) is 4.17. The highest BCUT2D eigenvalue weighted by Crippen LogP contribution is 2.29. The van der Waals surface area contributed by atoms with Crippen molar-refractivity contribution in [1.29, 1.82) is 0 Å². The molecule has 3 rings (SSSR count). The van der Waals surface area contributed by atoms with E-state index in [1.807, 2.05) is 19.9 Å². The molecule has 8 heteroatoms. The van der Waals surface area contributed by atoms with Gasteiger partial charge in [-0.3, -0.25) is 0 Å². The number of hydrogen-bond donors (Lipinski definition) is 0. The van der Waals surface area contributed by atoms with Crippen LogP contribution in [-0.2, 0) is 4.74 Å². The maximum Gasteiger partial charge on any atom is 0.416 e. The second-order valence-electron chi connectivity index (χ2n) is 5.64. The highest BCUT2D eigenvalue weighted by atomic mass is 19.4. The van der Waals surface area contributed by atoms with Crippen molar-refractivity contribution in [3.05, 3.63) is 24.0 Å². The minimum atomic E-state index is -4.37. The van der Waals surface area contributed by atoms with Crippen molar-refractivity contribution in [2.75, 3.05) is 24.6 Å². The molecule has 5 nitrogen and oxygen atoms in total. The van der Waals surface area contributed by atoms with Crippen molar-refractivity contribution in [3.8, 4) is 0 Å². The minimum absolute atomic E-state index is 0.0340. The molecule has 1 fully saturated rings. The Kier molecular flexibility index (Phi) is 3.72. The van der Waals surface area contributed by atoms with E-state index in [0.29, 0.717) is 18.0 Å². The average molecular weight is 314 g/mol. The SMILES string of the molecule is CC(C)c1cc(N2CCO[C@H](C(F)(F)F)C2)n2nccc2n1. The zero-order valence-corrected chi connectivity index (χ0v) is 12.3. The molecule has 2 aromatic heterocycles. The van der Waals surface area contributed by atoms with E-state index in [2.05, 4.69) is 10.1 Å². The summed E-state index contributed by atoms with van der Waals surface area (Å²) in [6.45, 7) is 4.18. The molecule has 0 aliphatic carbocycles. The molecule has 0 saturated carbocycles. The summed E-state index contributed by atoms with van der Waals surface area (Å²) in [5.41, 5.74) is 1.47. The van der Waals surface area contributed by atoms with Gasteiger partial charge in [0.05, 0.1) is 19.3 Å². The molecule has 0 bridgehead atoms. The van der Waals surface area contributed by atoms with Crippen LogP contribution in [0.4, 0.5) is 19.0 Å². The van der Waals surface area contributed by atoms with E-state index in [4.69, 9.17) is 4.74 Å². The van der Waals surface area contributed by atoms with Crippen LogP contribution < -0.4 is 4.90 Å². The van der Waals surface area contributed by atoms with Crippen molar-refractivity contribution in [2.24, 2.45) is 0 Å². The zero-order valence-electron chi connectivity index (χ0n) is 12.3. The summed E-state index contributed by atoms with van der Waals surface area (Å²) in [5.74, 6) is 0.800. The monoisotopic (exact) mass is 314 g/mol.